The molecule has 0 bridgehead atoms. The van der Waals surface area contributed by atoms with Gasteiger partial charge in [-0.2, -0.15) is 0 Å². The Labute approximate surface area is 504 Å². The van der Waals surface area contributed by atoms with Crippen LogP contribution in [0.5, 0.6) is 0 Å². The molecule has 0 spiro atoms. The summed E-state index contributed by atoms with van der Waals surface area (Å²) in [5, 5.41) is 2.94. The van der Waals surface area contributed by atoms with E-state index in [0.717, 1.165) is 79.4 Å². The Kier molecular flexibility index (Phi) is 19.2. The van der Waals surface area contributed by atoms with E-state index in [9.17, 15) is 0 Å². The van der Waals surface area contributed by atoms with E-state index in [1.165, 1.54) is 139 Å². The molecule has 9 heterocycles. The molecule has 11 rings (SSSR count). The maximum atomic E-state index is 17.5. The van der Waals surface area contributed by atoms with E-state index in [4.69, 9.17) is 15.9 Å². The van der Waals surface area contributed by atoms with Gasteiger partial charge in [0.25, 0.3) is 0 Å². The quantitative estimate of drug-likeness (QED) is 0.0362. The zero-order valence-corrected chi connectivity index (χ0v) is 55.9. The monoisotopic (exact) mass is 1310 g/mol. The van der Waals surface area contributed by atoms with E-state index in [0.29, 0.717) is 34.0 Å². The number of unbranched alkanes of at least 4 members (excludes halogenated alkanes) is 8. The fourth-order valence-electron chi connectivity index (χ4n) is 12.3. The van der Waals surface area contributed by atoms with Crippen LogP contribution in [0.15, 0.2) is 72.8 Å². The van der Waals surface area contributed by atoms with Gasteiger partial charge in [-0.25, -0.2) is 0 Å². The predicted octanol–water partition coefficient (Wildman–Crippen LogP) is 20.6. The minimum atomic E-state index is -2.58. The number of aryl methyl sites for hydroxylation is 2. The molecule has 8 aromatic heterocycles. The summed E-state index contributed by atoms with van der Waals surface area (Å²) in [4.78, 5) is 14.4. The number of halogens is 2. The molecule has 2 unspecified atom stereocenters. The van der Waals surface area contributed by atoms with Crippen LogP contribution in [0.25, 0.3) is 93.1 Å². The second-order valence-electron chi connectivity index (χ2n) is 22.0. The third kappa shape index (κ3) is 11.9. The number of thiophene rings is 6. The Hall–Kier alpha value is -3.04. The third-order valence-corrected chi connectivity index (χ3v) is 32.0. The normalized spacial score (nSPS) is 13.8. The summed E-state index contributed by atoms with van der Waals surface area (Å²) in [6.45, 7) is 13.9. The van der Waals surface area contributed by atoms with Crippen molar-refractivity contribution >= 4 is 138 Å². The van der Waals surface area contributed by atoms with E-state index < -0.39 is 8.07 Å². The van der Waals surface area contributed by atoms with Crippen molar-refractivity contribution in [1.82, 2.24) is 15.9 Å². The first-order valence-corrected chi connectivity index (χ1v) is 39.6. The summed E-state index contributed by atoms with van der Waals surface area (Å²) in [5.74, 6) is 0.682. The van der Waals surface area contributed by atoms with E-state index in [-0.39, 0.29) is 41.6 Å². The van der Waals surface area contributed by atoms with Gasteiger partial charge < -0.3 is 0 Å². The number of hydrogen-bond acceptors (Lipinski definition) is 10. The van der Waals surface area contributed by atoms with E-state index in [1.54, 1.807) is 57.5 Å². The molecule has 15 heteroatoms. The van der Waals surface area contributed by atoms with Crippen molar-refractivity contribution in [2.45, 2.75) is 169 Å². The summed E-state index contributed by atoms with van der Waals surface area (Å²) in [7, 11) is -2.58. The van der Waals surface area contributed by atoms with Crippen LogP contribution >= 0.6 is 68.0 Å². The Morgan fingerprint density at radius 3 is 1.23 bits per heavy atom. The van der Waals surface area contributed by atoms with Gasteiger partial charge in [-0.1, -0.05) is 53.4 Å². The average molecular weight is 1310 g/mol. The molecule has 79 heavy (non-hydrogen) atoms. The molecule has 1 aliphatic heterocycles. The molecule has 4 nitrogen and oxygen atoms in total. The third-order valence-electron chi connectivity index (χ3n) is 16.6. The van der Waals surface area contributed by atoms with Gasteiger partial charge in [-0.05, 0) is 0 Å². The Bertz CT molecular complexity index is 3430. The van der Waals surface area contributed by atoms with Crippen molar-refractivity contribution in [1.29, 1.82) is 0 Å². The van der Waals surface area contributed by atoms with Crippen LogP contribution in [0.1, 0.15) is 154 Å². The Morgan fingerprint density at radius 2 is 0.810 bits per heavy atom. The average Bonchev–Trinajstić information content (AvgIpc) is 3.45. The van der Waals surface area contributed by atoms with Crippen LogP contribution in [-0.2, 0) is 12.8 Å². The maximum absolute atomic E-state index is 17.5. The van der Waals surface area contributed by atoms with E-state index in [1.807, 2.05) is 22.7 Å². The molecule has 0 aliphatic carbocycles. The first-order valence-electron chi connectivity index (χ1n) is 29.3. The van der Waals surface area contributed by atoms with Crippen molar-refractivity contribution < 1.29 is 8.78 Å². The first-order chi connectivity index (χ1) is 38.7. The molecule has 414 valence electrons. The van der Waals surface area contributed by atoms with Gasteiger partial charge in [0.1, 0.15) is 0 Å². The predicted molar refractivity (Wildman–Crippen MR) is 349 cm³/mol. The molecule has 0 fully saturated rings. The number of benzene rings is 2. The van der Waals surface area contributed by atoms with Gasteiger partial charge in [-0.3, -0.25) is 0 Å². The van der Waals surface area contributed by atoms with E-state index >= 15 is 8.78 Å². The van der Waals surface area contributed by atoms with Crippen LogP contribution in [0.3, 0.4) is 0 Å². The number of hydrogen-bond donors (Lipinski definition) is 0. The fraction of sp³-hybridized carbons (Fsp3) is 0.438. The minimum absolute atomic E-state index is 0.227. The Balaban J connectivity index is 0.992. The van der Waals surface area contributed by atoms with Gasteiger partial charge in [0.2, 0.25) is 0 Å². The molecule has 0 saturated heterocycles. The molecular formula is C64H72F2N4S6Se2Si. The van der Waals surface area contributed by atoms with Crippen LogP contribution < -0.4 is 10.4 Å². The topological polar surface area (TPSA) is 51.6 Å². The summed E-state index contributed by atoms with van der Waals surface area (Å²) >= 11 is 10.0. The second-order valence-corrected chi connectivity index (χ2v) is 34.9. The van der Waals surface area contributed by atoms with Gasteiger partial charge in [0.05, 0.1) is 0 Å². The van der Waals surface area contributed by atoms with Gasteiger partial charge in [0.15, 0.2) is 0 Å². The number of aromatic nitrogens is 4. The fourth-order valence-corrected chi connectivity index (χ4v) is 29.5. The van der Waals surface area contributed by atoms with Crippen LogP contribution in [0.2, 0.25) is 12.1 Å². The van der Waals surface area contributed by atoms with Crippen LogP contribution in [0, 0.1) is 23.5 Å². The first kappa shape index (κ1) is 57.8. The standard InChI is InChI=1S/C64H72F2N4S6Se2Si/c1-7-13-17-19-23-41-25-27-49(71-41)51-31-29-47(73-51)43-33-45(65)57(61-59(43)67-77-69-61)53-35-55-63(75-53)64-56(79(55,37-39(11-5)21-15-9-3)38-40(12-6)22-16-10-4)36-54(76-64)58-46(66)34-44(60-62(58)70-78-68-60)48-30-32-52(74-48)50-28-26-42(72-50)24-20-18-14-8-2/h25-36,39-40H,7-24,37-38H2,1-6H3. The van der Waals surface area contributed by atoms with Gasteiger partial charge in [-0.15, -0.1) is 0 Å². The molecule has 1 aliphatic rings. The number of fused-ring (bicyclic) bond motifs is 5. The summed E-state index contributed by atoms with van der Waals surface area (Å²) in [5.41, 5.74) is 5.96. The molecule has 10 aromatic rings. The van der Waals surface area contributed by atoms with Crippen molar-refractivity contribution in [2.24, 2.45) is 11.8 Å². The summed E-state index contributed by atoms with van der Waals surface area (Å²) in [6.07, 6.45) is 21.8. The van der Waals surface area contributed by atoms with Gasteiger partial charge >= 0.3 is 456 Å². The number of rotatable bonds is 28. The van der Waals surface area contributed by atoms with Crippen molar-refractivity contribution in [3.05, 3.63) is 94.2 Å². The Morgan fingerprint density at radius 1 is 0.418 bits per heavy atom. The van der Waals surface area contributed by atoms with Crippen molar-refractivity contribution in [3.8, 4) is 71.0 Å². The summed E-state index contributed by atoms with van der Waals surface area (Å²) < 4.78 is 55.3. The van der Waals surface area contributed by atoms with Crippen LogP contribution in [-0.4, -0.2) is 53.9 Å². The number of nitrogens with zero attached hydrogens (tertiary/aromatic N) is 4. The molecule has 2 aromatic carbocycles. The summed E-state index contributed by atoms with van der Waals surface area (Å²) in [6, 6.07) is 28.5. The molecule has 0 N–H and O–H groups in total. The molecule has 0 radical (unpaired) electrons. The zero-order chi connectivity index (χ0) is 54.6. The SMILES string of the molecule is CCCCCCc1ccc(-c2ccc(-c3cc(F)c(-c4cc5c(s4)-c4sc(-c6c(F)cc(-c7ccc(-c8ccc(CCCCCC)s8)s7)c7n[se]nc67)cc4[Si]5(CC(CC)CCCC)CC(CC)CCCC)c4n[se]nc34)s2)s1. The van der Waals surface area contributed by atoms with Crippen molar-refractivity contribution in [2.75, 3.05) is 0 Å². The zero-order valence-electron chi connectivity index (χ0n) is 46.5. The van der Waals surface area contributed by atoms with Crippen LogP contribution in [0.4, 0.5) is 8.78 Å². The van der Waals surface area contributed by atoms with E-state index in [2.05, 4.69) is 102 Å². The second kappa shape index (κ2) is 26.3. The van der Waals surface area contributed by atoms with Crippen molar-refractivity contribution in [3.63, 3.8) is 0 Å². The van der Waals surface area contributed by atoms with Gasteiger partial charge in [0, 0.05) is 0 Å². The molecule has 2 atom stereocenters. The molecule has 0 amide bonds. The molecule has 0 saturated carbocycles. The molecular weight excluding hydrogens is 1240 g/mol.